The average Bonchev–Trinajstić information content (AvgIpc) is 2.19. The molecule has 2 aliphatic carbocycles. The largest absolute Gasteiger partial charge is 0.313 e. The van der Waals surface area contributed by atoms with E-state index in [1.807, 2.05) is 0 Å². The summed E-state index contributed by atoms with van der Waals surface area (Å²) in [7, 11) is 0. The summed E-state index contributed by atoms with van der Waals surface area (Å²) in [5.41, 5.74) is 0. The molecule has 0 aliphatic heterocycles. The van der Waals surface area contributed by atoms with E-state index in [4.69, 9.17) is 0 Å². The van der Waals surface area contributed by atoms with Gasteiger partial charge in [0, 0.05) is 17.3 Å². The Morgan fingerprint density at radius 3 is 2.36 bits per heavy atom. The van der Waals surface area contributed by atoms with Crippen molar-refractivity contribution < 1.29 is 0 Å². The number of hydrogen-bond acceptors (Lipinski definition) is 2. The van der Waals surface area contributed by atoms with Crippen molar-refractivity contribution in [3.05, 3.63) is 0 Å². The van der Waals surface area contributed by atoms with Crippen molar-refractivity contribution in [2.24, 2.45) is 0 Å². The fourth-order valence-corrected chi connectivity index (χ4v) is 3.59. The van der Waals surface area contributed by atoms with Crippen LogP contribution in [0.2, 0.25) is 0 Å². The number of thioether (sulfide) groups is 1. The normalized spacial score (nSPS) is 27.2. The van der Waals surface area contributed by atoms with Crippen LogP contribution in [-0.4, -0.2) is 23.6 Å². The molecule has 0 radical (unpaired) electrons. The second kappa shape index (κ2) is 4.89. The molecule has 2 saturated carbocycles. The number of nitrogens with one attached hydrogen (secondary N) is 1. The fourth-order valence-electron chi connectivity index (χ4n) is 2.66. The topological polar surface area (TPSA) is 12.0 Å². The zero-order valence-electron chi connectivity index (χ0n) is 9.35. The average molecular weight is 213 g/mol. The van der Waals surface area contributed by atoms with Gasteiger partial charge in [0.05, 0.1) is 0 Å². The SMILES string of the molecule is CSC1(CNC2CCCCC2)CCC1. The molecule has 0 aromatic heterocycles. The third-order valence-corrected chi connectivity index (χ3v) is 5.43. The first-order chi connectivity index (χ1) is 6.85. The summed E-state index contributed by atoms with van der Waals surface area (Å²) in [5.74, 6) is 0. The Balaban J connectivity index is 1.69. The molecule has 2 heteroatoms. The Bertz CT molecular complexity index is 166. The molecule has 0 saturated heterocycles. The highest BCUT2D eigenvalue weighted by Crippen LogP contribution is 2.42. The van der Waals surface area contributed by atoms with Gasteiger partial charge in [0.25, 0.3) is 0 Å². The van der Waals surface area contributed by atoms with E-state index in [0.29, 0.717) is 4.75 Å². The van der Waals surface area contributed by atoms with Gasteiger partial charge in [-0.05, 0) is 31.9 Å². The van der Waals surface area contributed by atoms with Crippen LogP contribution >= 0.6 is 11.8 Å². The summed E-state index contributed by atoms with van der Waals surface area (Å²) in [5, 5.41) is 3.79. The Hall–Kier alpha value is 0.310. The van der Waals surface area contributed by atoms with Gasteiger partial charge in [0.15, 0.2) is 0 Å². The van der Waals surface area contributed by atoms with Gasteiger partial charge in [0.2, 0.25) is 0 Å². The first-order valence-electron chi connectivity index (χ1n) is 6.13. The van der Waals surface area contributed by atoms with Gasteiger partial charge >= 0.3 is 0 Å². The minimum atomic E-state index is 0.622. The van der Waals surface area contributed by atoms with Crippen LogP contribution in [0.25, 0.3) is 0 Å². The summed E-state index contributed by atoms with van der Waals surface area (Å²) in [6.07, 6.45) is 13.8. The number of hydrogen-bond donors (Lipinski definition) is 1. The van der Waals surface area contributed by atoms with E-state index in [-0.39, 0.29) is 0 Å². The van der Waals surface area contributed by atoms with E-state index in [2.05, 4.69) is 23.3 Å². The van der Waals surface area contributed by atoms with Crippen LogP contribution in [0, 0.1) is 0 Å². The fraction of sp³-hybridized carbons (Fsp3) is 1.00. The van der Waals surface area contributed by atoms with Crippen molar-refractivity contribution in [2.45, 2.75) is 62.2 Å². The van der Waals surface area contributed by atoms with Crippen LogP contribution in [0.1, 0.15) is 51.4 Å². The van der Waals surface area contributed by atoms with Gasteiger partial charge in [-0.25, -0.2) is 0 Å². The summed E-state index contributed by atoms with van der Waals surface area (Å²) < 4.78 is 0.622. The molecule has 14 heavy (non-hydrogen) atoms. The maximum atomic E-state index is 3.79. The quantitative estimate of drug-likeness (QED) is 0.769. The summed E-state index contributed by atoms with van der Waals surface area (Å²) in [6.45, 7) is 1.26. The monoisotopic (exact) mass is 213 g/mol. The van der Waals surface area contributed by atoms with Gasteiger partial charge in [0.1, 0.15) is 0 Å². The molecule has 0 spiro atoms. The maximum Gasteiger partial charge on any atom is 0.0281 e. The van der Waals surface area contributed by atoms with Crippen molar-refractivity contribution in [1.29, 1.82) is 0 Å². The lowest BCUT2D eigenvalue weighted by atomic mass is 9.83. The zero-order chi connectivity index (χ0) is 9.86. The van der Waals surface area contributed by atoms with E-state index in [9.17, 15) is 0 Å². The molecule has 0 aromatic rings. The molecular formula is C12H23NS. The van der Waals surface area contributed by atoms with Crippen molar-refractivity contribution in [3.8, 4) is 0 Å². The first-order valence-corrected chi connectivity index (χ1v) is 7.36. The van der Waals surface area contributed by atoms with Crippen molar-refractivity contribution in [1.82, 2.24) is 5.32 Å². The Morgan fingerprint density at radius 2 is 1.86 bits per heavy atom. The van der Waals surface area contributed by atoms with E-state index in [1.165, 1.54) is 57.9 Å². The minimum absolute atomic E-state index is 0.622. The molecule has 0 unspecified atom stereocenters. The molecule has 2 fully saturated rings. The lowest BCUT2D eigenvalue weighted by Gasteiger charge is -2.42. The molecule has 0 amide bonds. The highest BCUT2D eigenvalue weighted by Gasteiger charge is 2.36. The zero-order valence-corrected chi connectivity index (χ0v) is 10.2. The molecule has 0 bridgehead atoms. The van der Waals surface area contributed by atoms with Crippen LogP contribution in [0.3, 0.4) is 0 Å². The predicted octanol–water partition coefficient (Wildman–Crippen LogP) is 3.19. The Kier molecular flexibility index (Phi) is 3.78. The van der Waals surface area contributed by atoms with Crippen molar-refractivity contribution >= 4 is 11.8 Å². The molecule has 1 nitrogen and oxygen atoms in total. The smallest absolute Gasteiger partial charge is 0.0281 e. The second-order valence-corrected chi connectivity index (χ2v) is 6.23. The van der Waals surface area contributed by atoms with Crippen LogP contribution in [0.5, 0.6) is 0 Å². The summed E-state index contributed by atoms with van der Waals surface area (Å²) in [4.78, 5) is 0. The minimum Gasteiger partial charge on any atom is -0.313 e. The Morgan fingerprint density at radius 1 is 1.14 bits per heavy atom. The Labute approximate surface area is 92.4 Å². The van der Waals surface area contributed by atoms with Crippen molar-refractivity contribution in [2.75, 3.05) is 12.8 Å². The standard InChI is InChI=1S/C12H23NS/c1-14-12(8-5-9-12)10-13-11-6-3-2-4-7-11/h11,13H,2-10H2,1H3. The highest BCUT2D eigenvalue weighted by molar-refractivity contribution is 8.00. The van der Waals surface area contributed by atoms with E-state index >= 15 is 0 Å². The molecular weight excluding hydrogens is 190 g/mol. The van der Waals surface area contributed by atoms with Crippen LogP contribution in [0.15, 0.2) is 0 Å². The first kappa shape index (κ1) is 10.8. The molecule has 1 N–H and O–H groups in total. The van der Waals surface area contributed by atoms with E-state index < -0.39 is 0 Å². The van der Waals surface area contributed by atoms with E-state index in [1.54, 1.807) is 0 Å². The van der Waals surface area contributed by atoms with E-state index in [0.717, 1.165) is 6.04 Å². The molecule has 0 heterocycles. The lowest BCUT2D eigenvalue weighted by Crippen LogP contribution is -2.46. The van der Waals surface area contributed by atoms with Crippen LogP contribution in [0.4, 0.5) is 0 Å². The van der Waals surface area contributed by atoms with Crippen LogP contribution in [-0.2, 0) is 0 Å². The molecule has 0 aromatic carbocycles. The van der Waals surface area contributed by atoms with Gasteiger partial charge < -0.3 is 5.32 Å². The molecule has 2 rings (SSSR count). The number of rotatable bonds is 4. The summed E-state index contributed by atoms with van der Waals surface area (Å²) in [6, 6.07) is 0.841. The van der Waals surface area contributed by atoms with Crippen LogP contribution < -0.4 is 5.32 Å². The third-order valence-electron chi connectivity index (χ3n) is 4.02. The third kappa shape index (κ3) is 2.46. The van der Waals surface area contributed by atoms with Gasteiger partial charge in [-0.3, -0.25) is 0 Å². The molecule has 82 valence electrons. The van der Waals surface area contributed by atoms with Gasteiger partial charge in [-0.2, -0.15) is 11.8 Å². The second-order valence-electron chi connectivity index (χ2n) is 4.96. The lowest BCUT2D eigenvalue weighted by molar-refractivity contribution is 0.301. The predicted molar refractivity (Wildman–Crippen MR) is 65.0 cm³/mol. The highest BCUT2D eigenvalue weighted by atomic mass is 32.2. The maximum absolute atomic E-state index is 3.79. The van der Waals surface area contributed by atoms with Gasteiger partial charge in [-0.1, -0.05) is 25.7 Å². The van der Waals surface area contributed by atoms with Crippen molar-refractivity contribution in [3.63, 3.8) is 0 Å². The molecule has 0 atom stereocenters. The molecule has 2 aliphatic rings. The summed E-state index contributed by atoms with van der Waals surface area (Å²) >= 11 is 2.09. The van der Waals surface area contributed by atoms with Gasteiger partial charge in [-0.15, -0.1) is 0 Å².